The highest BCUT2D eigenvalue weighted by atomic mass is 32.2. The largest absolute Gasteiger partial charge is 0.431 e. The van der Waals surface area contributed by atoms with E-state index in [1.165, 1.54) is 11.8 Å². The third kappa shape index (κ3) is 2.33. The van der Waals surface area contributed by atoms with Crippen molar-refractivity contribution < 1.29 is 4.42 Å². The minimum Gasteiger partial charge on any atom is -0.431 e. The Labute approximate surface area is 114 Å². The van der Waals surface area contributed by atoms with Gasteiger partial charge >= 0.3 is 0 Å². The molecule has 4 heteroatoms. The van der Waals surface area contributed by atoms with E-state index in [2.05, 4.69) is 11.1 Å². The molecule has 0 saturated heterocycles. The van der Waals surface area contributed by atoms with Crippen LogP contribution in [0.1, 0.15) is 11.1 Å². The summed E-state index contributed by atoms with van der Waals surface area (Å²) in [6.45, 7) is 1.97. The van der Waals surface area contributed by atoms with Crippen molar-refractivity contribution in [3.63, 3.8) is 0 Å². The quantitative estimate of drug-likeness (QED) is 0.698. The zero-order valence-corrected chi connectivity index (χ0v) is 11.1. The predicted octanol–water partition coefficient (Wildman–Crippen LogP) is 4.16. The van der Waals surface area contributed by atoms with Gasteiger partial charge in [-0.05, 0) is 48.5 Å². The summed E-state index contributed by atoms with van der Waals surface area (Å²) in [4.78, 5) is 5.25. The first kappa shape index (κ1) is 11.8. The van der Waals surface area contributed by atoms with Crippen molar-refractivity contribution in [2.75, 3.05) is 0 Å². The molecule has 0 aliphatic heterocycles. The van der Waals surface area contributed by atoms with Crippen LogP contribution in [0.15, 0.2) is 57.0 Å². The molecule has 0 fully saturated rings. The van der Waals surface area contributed by atoms with Gasteiger partial charge in [-0.2, -0.15) is 5.26 Å². The molecule has 0 atom stereocenters. The standard InChI is InChI=1S/C15H10N2OS/c1-10-6-7-14(11(8-10)9-16)19-15-17-12-4-2-3-5-13(12)18-15/h2-8H,1H3. The average Bonchev–Trinajstić information content (AvgIpc) is 2.83. The molecule has 3 rings (SSSR count). The highest BCUT2D eigenvalue weighted by molar-refractivity contribution is 7.99. The van der Waals surface area contributed by atoms with Crippen LogP contribution in [0.25, 0.3) is 11.1 Å². The van der Waals surface area contributed by atoms with E-state index in [0.29, 0.717) is 10.8 Å². The molecule has 0 saturated carbocycles. The van der Waals surface area contributed by atoms with Gasteiger partial charge in [0.25, 0.3) is 5.22 Å². The first-order chi connectivity index (χ1) is 9.26. The molecular weight excluding hydrogens is 256 g/mol. The van der Waals surface area contributed by atoms with Crippen LogP contribution in [0.2, 0.25) is 0 Å². The summed E-state index contributed by atoms with van der Waals surface area (Å²) in [5.74, 6) is 0. The number of oxazole rings is 1. The highest BCUT2D eigenvalue weighted by Gasteiger charge is 2.10. The van der Waals surface area contributed by atoms with E-state index < -0.39 is 0 Å². The van der Waals surface area contributed by atoms with Gasteiger partial charge in [-0.1, -0.05) is 18.2 Å². The van der Waals surface area contributed by atoms with Crippen molar-refractivity contribution in [1.82, 2.24) is 4.98 Å². The number of aryl methyl sites for hydroxylation is 1. The Morgan fingerprint density at radius 3 is 2.84 bits per heavy atom. The molecule has 3 aromatic rings. The zero-order valence-electron chi connectivity index (χ0n) is 10.3. The van der Waals surface area contributed by atoms with Crippen LogP contribution >= 0.6 is 11.8 Å². The molecule has 0 N–H and O–H groups in total. The Morgan fingerprint density at radius 2 is 2.05 bits per heavy atom. The molecule has 92 valence electrons. The number of fused-ring (bicyclic) bond motifs is 1. The van der Waals surface area contributed by atoms with E-state index >= 15 is 0 Å². The number of hydrogen-bond donors (Lipinski definition) is 0. The van der Waals surface area contributed by atoms with Gasteiger partial charge in [0.15, 0.2) is 5.58 Å². The van der Waals surface area contributed by atoms with Gasteiger partial charge in [0.1, 0.15) is 11.6 Å². The van der Waals surface area contributed by atoms with Gasteiger partial charge in [0.2, 0.25) is 0 Å². The number of nitrogens with zero attached hydrogens (tertiary/aromatic N) is 2. The maximum absolute atomic E-state index is 9.15. The van der Waals surface area contributed by atoms with Crippen molar-refractivity contribution >= 4 is 22.9 Å². The van der Waals surface area contributed by atoms with Crippen LogP contribution in [0.5, 0.6) is 0 Å². The lowest BCUT2D eigenvalue weighted by Crippen LogP contribution is -1.83. The van der Waals surface area contributed by atoms with E-state index in [0.717, 1.165) is 21.6 Å². The second-order valence-corrected chi connectivity index (χ2v) is 5.15. The molecule has 19 heavy (non-hydrogen) atoms. The van der Waals surface area contributed by atoms with Crippen molar-refractivity contribution in [3.8, 4) is 6.07 Å². The highest BCUT2D eigenvalue weighted by Crippen LogP contribution is 2.32. The van der Waals surface area contributed by atoms with E-state index in [1.807, 2.05) is 49.4 Å². The Bertz CT molecular complexity index is 753. The minimum atomic E-state index is 0.557. The monoisotopic (exact) mass is 266 g/mol. The Hall–Kier alpha value is -2.25. The molecule has 0 spiro atoms. The molecule has 1 heterocycles. The third-order valence-corrected chi connectivity index (χ3v) is 3.65. The molecule has 0 bridgehead atoms. The number of rotatable bonds is 2. The van der Waals surface area contributed by atoms with Crippen molar-refractivity contribution in [1.29, 1.82) is 5.26 Å². The van der Waals surface area contributed by atoms with Crippen LogP contribution in [0, 0.1) is 18.3 Å². The zero-order chi connectivity index (χ0) is 13.2. The summed E-state index contributed by atoms with van der Waals surface area (Å²) in [5.41, 5.74) is 3.30. The molecule has 2 aromatic carbocycles. The van der Waals surface area contributed by atoms with Crippen LogP contribution in [-0.4, -0.2) is 4.98 Å². The lowest BCUT2D eigenvalue weighted by Gasteiger charge is -2.01. The van der Waals surface area contributed by atoms with Gasteiger partial charge in [0.05, 0.1) is 5.56 Å². The van der Waals surface area contributed by atoms with E-state index in [9.17, 15) is 0 Å². The van der Waals surface area contributed by atoms with Crippen LogP contribution in [0.3, 0.4) is 0 Å². The Kier molecular flexibility index (Phi) is 2.98. The molecule has 0 aliphatic rings. The number of nitriles is 1. The van der Waals surface area contributed by atoms with E-state index in [4.69, 9.17) is 9.68 Å². The Balaban J connectivity index is 1.99. The molecule has 3 nitrogen and oxygen atoms in total. The number of para-hydroxylation sites is 2. The average molecular weight is 266 g/mol. The molecule has 0 unspecified atom stereocenters. The van der Waals surface area contributed by atoms with Gasteiger partial charge in [-0.3, -0.25) is 0 Å². The van der Waals surface area contributed by atoms with Crippen LogP contribution < -0.4 is 0 Å². The fraction of sp³-hybridized carbons (Fsp3) is 0.0667. The van der Waals surface area contributed by atoms with E-state index in [-0.39, 0.29) is 0 Å². The first-order valence-corrected chi connectivity index (χ1v) is 6.62. The molecule has 1 aromatic heterocycles. The van der Waals surface area contributed by atoms with Gasteiger partial charge in [-0.15, -0.1) is 0 Å². The SMILES string of the molecule is Cc1ccc(Sc2nc3ccccc3o2)c(C#N)c1. The summed E-state index contributed by atoms with van der Waals surface area (Å²) >= 11 is 1.37. The summed E-state index contributed by atoms with van der Waals surface area (Å²) < 4.78 is 5.64. The second-order valence-electron chi connectivity index (χ2n) is 4.16. The number of hydrogen-bond acceptors (Lipinski definition) is 4. The second kappa shape index (κ2) is 4.79. The van der Waals surface area contributed by atoms with Crippen molar-refractivity contribution in [3.05, 3.63) is 53.6 Å². The third-order valence-electron chi connectivity index (χ3n) is 2.73. The lowest BCUT2D eigenvalue weighted by molar-refractivity contribution is 0.489. The van der Waals surface area contributed by atoms with Crippen molar-refractivity contribution in [2.24, 2.45) is 0 Å². The van der Waals surface area contributed by atoms with E-state index in [1.54, 1.807) is 0 Å². The smallest absolute Gasteiger partial charge is 0.261 e. The summed E-state index contributed by atoms with van der Waals surface area (Å²) in [7, 11) is 0. The molecular formula is C15H10N2OS. The number of aromatic nitrogens is 1. The molecule has 0 aliphatic carbocycles. The van der Waals surface area contributed by atoms with Gasteiger partial charge in [0, 0.05) is 4.90 Å². The normalized spacial score (nSPS) is 10.5. The van der Waals surface area contributed by atoms with Crippen LogP contribution in [-0.2, 0) is 0 Å². The first-order valence-electron chi connectivity index (χ1n) is 5.80. The van der Waals surface area contributed by atoms with Crippen LogP contribution in [0.4, 0.5) is 0 Å². The fourth-order valence-corrected chi connectivity index (χ4v) is 2.62. The number of benzene rings is 2. The summed E-state index contributed by atoms with van der Waals surface area (Å²) in [6.07, 6.45) is 0. The molecule has 0 radical (unpaired) electrons. The summed E-state index contributed by atoms with van der Waals surface area (Å²) in [6, 6.07) is 15.6. The minimum absolute atomic E-state index is 0.557. The fourth-order valence-electron chi connectivity index (χ4n) is 1.81. The maximum atomic E-state index is 9.15. The topological polar surface area (TPSA) is 49.8 Å². The molecule has 0 amide bonds. The van der Waals surface area contributed by atoms with Crippen molar-refractivity contribution in [2.45, 2.75) is 17.0 Å². The Morgan fingerprint density at radius 1 is 1.21 bits per heavy atom. The predicted molar refractivity (Wildman–Crippen MR) is 74.0 cm³/mol. The van der Waals surface area contributed by atoms with Gasteiger partial charge in [-0.25, -0.2) is 4.98 Å². The lowest BCUT2D eigenvalue weighted by atomic mass is 10.2. The van der Waals surface area contributed by atoms with Gasteiger partial charge < -0.3 is 4.42 Å². The summed E-state index contributed by atoms with van der Waals surface area (Å²) in [5, 5.41) is 9.70. The maximum Gasteiger partial charge on any atom is 0.261 e.